The molecule has 0 atom stereocenters. The standard InChI is InChI=1S/C16H16N6OS.CH2O2/c1-10-13(22-4-7-24-16(22)20-10)11-8-17-14-12(11)15(19-9-18-14)21-2-5-23-6-3-21;2-1-3/h4,7-9H,2-3,5-6H2,1H3,(H,17,18,19);1H,(H,2,3). The van der Waals surface area contributed by atoms with E-state index in [1.54, 1.807) is 17.7 Å². The van der Waals surface area contributed by atoms with Gasteiger partial charge in [-0.15, -0.1) is 11.3 Å². The summed E-state index contributed by atoms with van der Waals surface area (Å²) in [5.74, 6) is 0.962. The molecule has 0 bridgehead atoms. The maximum Gasteiger partial charge on any atom is 0.290 e. The Hall–Kier alpha value is -2.98. The summed E-state index contributed by atoms with van der Waals surface area (Å²) in [6.45, 7) is 4.94. The van der Waals surface area contributed by atoms with E-state index in [-0.39, 0.29) is 6.47 Å². The van der Waals surface area contributed by atoms with Crippen LogP contribution in [0.1, 0.15) is 5.69 Å². The zero-order chi connectivity index (χ0) is 18.8. The molecule has 0 aliphatic carbocycles. The van der Waals surface area contributed by atoms with Gasteiger partial charge in [0.1, 0.15) is 17.8 Å². The van der Waals surface area contributed by atoms with Crippen molar-refractivity contribution in [2.45, 2.75) is 6.92 Å². The van der Waals surface area contributed by atoms with E-state index in [4.69, 9.17) is 14.6 Å². The lowest BCUT2D eigenvalue weighted by Gasteiger charge is -2.28. The van der Waals surface area contributed by atoms with Gasteiger partial charge in [-0.3, -0.25) is 9.20 Å². The molecule has 0 radical (unpaired) electrons. The maximum absolute atomic E-state index is 8.36. The van der Waals surface area contributed by atoms with Crippen molar-refractivity contribution in [3.63, 3.8) is 0 Å². The van der Waals surface area contributed by atoms with Gasteiger partial charge in [-0.25, -0.2) is 15.0 Å². The molecule has 4 aromatic heterocycles. The highest BCUT2D eigenvalue weighted by Gasteiger charge is 2.22. The second kappa shape index (κ2) is 7.33. The number of hydrogen-bond acceptors (Lipinski definition) is 7. The Labute approximate surface area is 158 Å². The fourth-order valence-electron chi connectivity index (χ4n) is 3.37. The normalized spacial score (nSPS) is 14.3. The molecule has 10 heteroatoms. The van der Waals surface area contributed by atoms with Gasteiger partial charge in [0, 0.05) is 36.4 Å². The van der Waals surface area contributed by atoms with Gasteiger partial charge >= 0.3 is 0 Å². The number of aromatic nitrogens is 5. The molecule has 5 rings (SSSR count). The smallest absolute Gasteiger partial charge is 0.290 e. The molecular weight excluding hydrogens is 368 g/mol. The van der Waals surface area contributed by atoms with Crippen molar-refractivity contribution in [1.82, 2.24) is 24.3 Å². The van der Waals surface area contributed by atoms with Crippen molar-refractivity contribution < 1.29 is 14.6 Å². The first-order chi connectivity index (χ1) is 13.2. The Kier molecular flexibility index (Phi) is 4.73. The molecule has 140 valence electrons. The van der Waals surface area contributed by atoms with E-state index < -0.39 is 0 Å². The number of thiazole rings is 1. The molecule has 1 saturated heterocycles. The highest BCUT2D eigenvalue weighted by atomic mass is 32.1. The van der Waals surface area contributed by atoms with E-state index in [0.717, 1.165) is 65.1 Å². The summed E-state index contributed by atoms with van der Waals surface area (Å²) in [5, 5.41) is 10.00. The number of nitrogens with one attached hydrogen (secondary N) is 1. The number of H-pyrrole nitrogens is 1. The number of hydrogen-bond donors (Lipinski definition) is 2. The predicted molar refractivity (Wildman–Crippen MR) is 102 cm³/mol. The number of ether oxygens (including phenoxy) is 1. The van der Waals surface area contributed by atoms with E-state index in [1.807, 2.05) is 13.1 Å². The first-order valence-corrected chi connectivity index (χ1v) is 9.27. The Balaban J connectivity index is 0.000000565. The lowest BCUT2D eigenvalue weighted by Crippen LogP contribution is -2.36. The van der Waals surface area contributed by atoms with E-state index >= 15 is 0 Å². The highest BCUT2D eigenvalue weighted by Crippen LogP contribution is 2.36. The second-order valence-corrected chi connectivity index (χ2v) is 6.80. The van der Waals surface area contributed by atoms with Crippen LogP contribution >= 0.6 is 11.3 Å². The molecule has 0 unspecified atom stereocenters. The number of aryl methyl sites for hydroxylation is 1. The average molecular weight is 386 g/mol. The molecular formula is C17H18N6O3S. The molecule has 9 nitrogen and oxygen atoms in total. The third-order valence-corrected chi connectivity index (χ3v) is 5.21. The minimum Gasteiger partial charge on any atom is -0.483 e. The van der Waals surface area contributed by atoms with Crippen LogP contribution in [0.15, 0.2) is 24.1 Å². The summed E-state index contributed by atoms with van der Waals surface area (Å²) in [6.07, 6.45) is 5.70. The Bertz CT molecular complexity index is 1080. The van der Waals surface area contributed by atoms with Crippen LogP contribution < -0.4 is 4.90 Å². The van der Waals surface area contributed by atoms with Crippen LogP contribution in [-0.2, 0) is 9.53 Å². The van der Waals surface area contributed by atoms with Crippen LogP contribution in [0.2, 0.25) is 0 Å². The Morgan fingerprint density at radius 2 is 2.11 bits per heavy atom. The van der Waals surface area contributed by atoms with E-state index in [9.17, 15) is 0 Å². The Morgan fingerprint density at radius 3 is 2.89 bits per heavy atom. The monoisotopic (exact) mass is 386 g/mol. The van der Waals surface area contributed by atoms with Crippen molar-refractivity contribution in [2.75, 3.05) is 31.2 Å². The molecule has 2 N–H and O–H groups in total. The van der Waals surface area contributed by atoms with Crippen molar-refractivity contribution in [1.29, 1.82) is 0 Å². The van der Waals surface area contributed by atoms with Gasteiger partial charge in [-0.05, 0) is 6.92 Å². The summed E-state index contributed by atoms with van der Waals surface area (Å²) in [4.78, 5) is 28.6. The molecule has 1 aliphatic rings. The summed E-state index contributed by atoms with van der Waals surface area (Å²) in [7, 11) is 0. The number of carbonyl (C=O) groups is 1. The van der Waals surface area contributed by atoms with E-state index in [2.05, 4.69) is 40.8 Å². The summed E-state index contributed by atoms with van der Waals surface area (Å²) >= 11 is 1.64. The number of morpholine rings is 1. The number of carboxylic acid groups (broad SMARTS) is 1. The van der Waals surface area contributed by atoms with E-state index in [1.165, 1.54) is 0 Å². The first kappa shape index (κ1) is 17.4. The van der Waals surface area contributed by atoms with Gasteiger partial charge in [0.2, 0.25) is 0 Å². The van der Waals surface area contributed by atoms with E-state index in [0.29, 0.717) is 0 Å². The van der Waals surface area contributed by atoms with Crippen LogP contribution in [-0.4, -0.2) is 62.2 Å². The molecule has 27 heavy (non-hydrogen) atoms. The molecule has 0 amide bonds. The van der Waals surface area contributed by atoms with Gasteiger partial charge in [0.25, 0.3) is 6.47 Å². The number of nitrogens with zero attached hydrogens (tertiary/aromatic N) is 5. The zero-order valence-corrected chi connectivity index (χ0v) is 15.4. The first-order valence-electron chi connectivity index (χ1n) is 8.39. The van der Waals surface area contributed by atoms with Gasteiger partial charge < -0.3 is 19.7 Å². The fraction of sp³-hybridized carbons (Fsp3) is 0.294. The third kappa shape index (κ3) is 3.02. The van der Waals surface area contributed by atoms with Gasteiger partial charge in [0.15, 0.2) is 4.96 Å². The molecule has 0 aromatic carbocycles. The van der Waals surface area contributed by atoms with Crippen molar-refractivity contribution in [3.05, 3.63) is 29.8 Å². The topological polar surface area (TPSA) is 109 Å². The maximum atomic E-state index is 8.36. The van der Waals surface area contributed by atoms with Crippen LogP contribution in [0.25, 0.3) is 27.3 Å². The van der Waals surface area contributed by atoms with Crippen LogP contribution in [0.4, 0.5) is 5.82 Å². The largest absolute Gasteiger partial charge is 0.483 e. The van der Waals surface area contributed by atoms with Gasteiger partial charge in [0.05, 0.1) is 30.0 Å². The minimum atomic E-state index is -0.250. The summed E-state index contributed by atoms with van der Waals surface area (Å²) in [6, 6.07) is 0. The van der Waals surface area contributed by atoms with Crippen molar-refractivity contribution in [2.24, 2.45) is 0 Å². The number of rotatable bonds is 2. The number of aromatic amines is 1. The van der Waals surface area contributed by atoms with Gasteiger partial charge in [-0.2, -0.15) is 0 Å². The minimum absolute atomic E-state index is 0.250. The lowest BCUT2D eigenvalue weighted by molar-refractivity contribution is -0.122. The molecule has 0 spiro atoms. The average Bonchev–Trinajstić information content (AvgIpc) is 3.37. The zero-order valence-electron chi connectivity index (χ0n) is 14.6. The number of fused-ring (bicyclic) bond motifs is 2. The molecule has 0 saturated carbocycles. The van der Waals surface area contributed by atoms with Crippen LogP contribution in [0.5, 0.6) is 0 Å². The molecule has 4 aromatic rings. The fourth-order valence-corrected chi connectivity index (χ4v) is 4.13. The predicted octanol–water partition coefficient (Wildman–Crippen LogP) is 2.18. The number of imidazole rings is 1. The summed E-state index contributed by atoms with van der Waals surface area (Å²) < 4.78 is 7.62. The molecule has 1 fully saturated rings. The SMILES string of the molecule is Cc1nc2sccn2c1-c1c[nH]c2ncnc(N3CCOCC3)c12.O=CO. The molecule has 1 aliphatic heterocycles. The Morgan fingerprint density at radius 1 is 1.33 bits per heavy atom. The quantitative estimate of drug-likeness (QED) is 0.508. The third-order valence-electron chi connectivity index (χ3n) is 4.45. The molecule has 5 heterocycles. The van der Waals surface area contributed by atoms with Gasteiger partial charge in [-0.1, -0.05) is 0 Å². The van der Waals surface area contributed by atoms with Crippen LogP contribution in [0, 0.1) is 6.92 Å². The summed E-state index contributed by atoms with van der Waals surface area (Å²) in [5.41, 5.74) is 4.06. The van der Waals surface area contributed by atoms with Crippen molar-refractivity contribution in [3.8, 4) is 11.3 Å². The van der Waals surface area contributed by atoms with Crippen LogP contribution in [0.3, 0.4) is 0 Å². The highest BCUT2D eigenvalue weighted by molar-refractivity contribution is 7.15. The number of anilines is 1. The van der Waals surface area contributed by atoms with Crippen molar-refractivity contribution >= 4 is 39.6 Å². The second-order valence-electron chi connectivity index (χ2n) is 5.93. The lowest BCUT2D eigenvalue weighted by atomic mass is 10.1.